The molecule has 1 aliphatic rings. The van der Waals surface area contributed by atoms with E-state index in [-0.39, 0.29) is 21.2 Å². The Morgan fingerprint density at radius 2 is 1.74 bits per heavy atom. The molecule has 3 heterocycles. The first-order chi connectivity index (χ1) is 19.8. The number of rotatable bonds is 7. The third kappa shape index (κ3) is 6.37. The molecule has 0 spiro atoms. The number of ether oxygens (including phenoxy) is 1. The van der Waals surface area contributed by atoms with Crippen molar-refractivity contribution in [1.29, 1.82) is 0 Å². The van der Waals surface area contributed by atoms with Gasteiger partial charge in [0.05, 0.1) is 11.9 Å². The lowest BCUT2D eigenvalue weighted by Crippen LogP contribution is -2.29. The van der Waals surface area contributed by atoms with Crippen molar-refractivity contribution in [3.63, 3.8) is 0 Å². The fraction of sp³-hybridized carbons (Fsp3) is 0.321. The minimum absolute atomic E-state index is 0.0431. The molecule has 2 aromatic heterocycles. The number of nitrogens with zero attached hydrogens (tertiary/aromatic N) is 5. The molecule has 0 atom stereocenters. The Morgan fingerprint density at radius 3 is 2.36 bits per heavy atom. The molecule has 222 valence electrons. The van der Waals surface area contributed by atoms with E-state index < -0.39 is 39.3 Å². The van der Waals surface area contributed by atoms with Crippen LogP contribution in [-0.4, -0.2) is 53.2 Å². The third-order valence-corrected chi connectivity index (χ3v) is 8.88. The number of hydrogen-bond donors (Lipinski definition) is 1. The fourth-order valence-electron chi connectivity index (χ4n) is 4.85. The van der Waals surface area contributed by atoms with Gasteiger partial charge in [-0.05, 0) is 75.1 Å². The first kappa shape index (κ1) is 29.8. The van der Waals surface area contributed by atoms with Crippen LogP contribution < -0.4 is 9.46 Å². The van der Waals surface area contributed by atoms with E-state index >= 15 is 0 Å². The summed E-state index contributed by atoms with van der Waals surface area (Å²) in [5.41, 5.74) is -0.426. The summed E-state index contributed by atoms with van der Waals surface area (Å²) in [6.07, 6.45) is -0.684. The van der Waals surface area contributed by atoms with E-state index in [0.29, 0.717) is 11.5 Å². The zero-order valence-corrected chi connectivity index (χ0v) is 24.6. The lowest BCUT2D eigenvalue weighted by Gasteiger charge is -2.29. The zero-order chi connectivity index (χ0) is 30.2. The highest BCUT2D eigenvalue weighted by atomic mass is 35.5. The predicted octanol–water partition coefficient (Wildman–Crippen LogP) is 6.26. The molecule has 1 aliphatic heterocycles. The second-order valence-electron chi connectivity index (χ2n) is 10.2. The Balaban J connectivity index is 1.60. The van der Waals surface area contributed by atoms with Crippen molar-refractivity contribution in [2.75, 3.05) is 24.9 Å². The largest absolute Gasteiger partial charge is 0.438 e. The van der Waals surface area contributed by atoms with Gasteiger partial charge in [0, 0.05) is 23.8 Å². The van der Waals surface area contributed by atoms with Gasteiger partial charge in [0.1, 0.15) is 16.2 Å². The van der Waals surface area contributed by atoms with Crippen molar-refractivity contribution in [2.45, 2.75) is 36.8 Å². The number of hydrogen-bond acceptors (Lipinski definition) is 7. The van der Waals surface area contributed by atoms with Gasteiger partial charge in [0.25, 0.3) is 10.0 Å². The Bertz CT molecular complexity index is 1700. The maximum absolute atomic E-state index is 14.7. The quantitative estimate of drug-likeness (QED) is 0.260. The monoisotopic (exact) mass is 620 g/mol. The molecule has 1 N–H and O–H groups in total. The molecular formula is C28H28ClF3N6O3S. The van der Waals surface area contributed by atoms with Gasteiger partial charge in [0.2, 0.25) is 11.8 Å². The highest BCUT2D eigenvalue weighted by molar-refractivity contribution is 7.92. The van der Waals surface area contributed by atoms with Gasteiger partial charge < -0.3 is 9.64 Å². The normalized spacial score (nSPS) is 15.1. The van der Waals surface area contributed by atoms with E-state index in [4.69, 9.17) is 16.3 Å². The van der Waals surface area contributed by atoms with Gasteiger partial charge in [-0.3, -0.25) is 4.68 Å². The van der Waals surface area contributed by atoms with Crippen molar-refractivity contribution in [2.24, 2.45) is 7.05 Å². The molecule has 14 heteroatoms. The van der Waals surface area contributed by atoms with E-state index in [1.54, 1.807) is 19.1 Å². The number of nitrogens with one attached hydrogen (secondary N) is 1. The summed E-state index contributed by atoms with van der Waals surface area (Å²) >= 11 is 6.24. The lowest BCUT2D eigenvalue weighted by molar-refractivity contribution is -0.138. The Labute approximate surface area is 246 Å². The summed E-state index contributed by atoms with van der Waals surface area (Å²) in [7, 11) is -0.702. The smallest absolute Gasteiger partial charge is 0.423 e. The van der Waals surface area contributed by atoms with Crippen LogP contribution in [0.1, 0.15) is 35.4 Å². The van der Waals surface area contributed by atoms with Crippen LogP contribution in [0.15, 0.2) is 59.8 Å². The Kier molecular flexibility index (Phi) is 8.19. The van der Waals surface area contributed by atoms with Crippen LogP contribution in [0.5, 0.6) is 11.6 Å². The number of alkyl halides is 3. The molecule has 0 saturated carbocycles. The van der Waals surface area contributed by atoms with Crippen LogP contribution in [0.25, 0.3) is 11.3 Å². The summed E-state index contributed by atoms with van der Waals surface area (Å²) in [6.45, 7) is 3.46. The number of anilines is 1. The first-order valence-corrected chi connectivity index (χ1v) is 14.9. The van der Waals surface area contributed by atoms with Crippen LogP contribution >= 0.6 is 11.6 Å². The van der Waals surface area contributed by atoms with Crippen LogP contribution in [0, 0.1) is 6.92 Å². The number of aryl methyl sites for hydroxylation is 1. The van der Waals surface area contributed by atoms with Gasteiger partial charge in [-0.15, -0.1) is 0 Å². The first-order valence-electron chi connectivity index (χ1n) is 13.0. The van der Waals surface area contributed by atoms with E-state index in [0.717, 1.165) is 37.7 Å². The van der Waals surface area contributed by atoms with E-state index in [1.165, 1.54) is 36.1 Å². The topological polar surface area (TPSA) is 102 Å². The molecule has 1 saturated heterocycles. The van der Waals surface area contributed by atoms with E-state index in [1.807, 2.05) is 12.1 Å². The summed E-state index contributed by atoms with van der Waals surface area (Å²) in [4.78, 5) is 9.95. The Hall–Kier alpha value is -3.68. The average Bonchev–Trinajstić information content (AvgIpc) is 3.37. The van der Waals surface area contributed by atoms with Gasteiger partial charge in [-0.2, -0.15) is 23.3 Å². The molecule has 4 aromatic rings. The fourth-order valence-corrected chi connectivity index (χ4v) is 5.95. The molecule has 0 bridgehead atoms. The molecule has 9 nitrogen and oxygen atoms in total. The number of halogens is 4. The molecule has 0 aliphatic carbocycles. The van der Waals surface area contributed by atoms with Gasteiger partial charge in [-0.1, -0.05) is 35.9 Å². The number of sulfonamides is 1. The summed E-state index contributed by atoms with van der Waals surface area (Å²) < 4.78 is 79.2. The van der Waals surface area contributed by atoms with Crippen LogP contribution in [0.3, 0.4) is 0 Å². The second kappa shape index (κ2) is 11.5. The molecule has 5 rings (SSSR count). The van der Waals surface area contributed by atoms with Crippen LogP contribution in [0.2, 0.25) is 5.02 Å². The van der Waals surface area contributed by atoms with Gasteiger partial charge >= 0.3 is 6.18 Å². The van der Waals surface area contributed by atoms with Crippen molar-refractivity contribution in [1.82, 2.24) is 24.6 Å². The summed E-state index contributed by atoms with van der Waals surface area (Å²) in [5.74, 6) is -1.03. The molecule has 0 radical (unpaired) electrons. The minimum Gasteiger partial charge on any atom is -0.438 e. The zero-order valence-electron chi connectivity index (χ0n) is 23.0. The summed E-state index contributed by atoms with van der Waals surface area (Å²) in [6, 6.07) is 11.2. The predicted molar refractivity (Wildman–Crippen MR) is 152 cm³/mol. The molecular weight excluding hydrogens is 593 g/mol. The number of piperidine rings is 1. The molecule has 42 heavy (non-hydrogen) atoms. The lowest BCUT2D eigenvalue weighted by atomic mass is 9.90. The van der Waals surface area contributed by atoms with E-state index in [2.05, 4.69) is 31.7 Å². The SMILES string of the molecule is Cc1c(Cl)cccc1-c1nc(NS(=O)(=O)c2cnn(C)c2)nc(Oc2ccc(C3CCN(C)CC3)cc2)c1C(F)(F)F. The second-order valence-corrected chi connectivity index (χ2v) is 12.3. The molecule has 1 fully saturated rings. The molecule has 2 aromatic carbocycles. The number of aromatic nitrogens is 4. The summed E-state index contributed by atoms with van der Waals surface area (Å²) in [5, 5.41) is 4.05. The third-order valence-electron chi connectivity index (χ3n) is 7.18. The average molecular weight is 621 g/mol. The maximum atomic E-state index is 14.7. The number of benzene rings is 2. The highest BCUT2D eigenvalue weighted by Crippen LogP contribution is 2.44. The maximum Gasteiger partial charge on any atom is 0.423 e. The Morgan fingerprint density at radius 1 is 1.05 bits per heavy atom. The van der Waals surface area contributed by atoms with Gasteiger partial charge in [-0.25, -0.2) is 18.1 Å². The molecule has 0 unspecified atom stereocenters. The highest BCUT2D eigenvalue weighted by Gasteiger charge is 2.41. The minimum atomic E-state index is -4.96. The van der Waals surface area contributed by atoms with Crippen molar-refractivity contribution in [3.8, 4) is 22.9 Å². The van der Waals surface area contributed by atoms with Crippen molar-refractivity contribution < 1.29 is 26.3 Å². The van der Waals surface area contributed by atoms with Crippen LogP contribution in [-0.2, 0) is 23.2 Å². The molecule has 0 amide bonds. The van der Waals surface area contributed by atoms with Crippen molar-refractivity contribution in [3.05, 3.63) is 76.6 Å². The number of likely N-dealkylation sites (tertiary alicyclic amines) is 1. The van der Waals surface area contributed by atoms with Crippen molar-refractivity contribution >= 4 is 27.6 Å². The van der Waals surface area contributed by atoms with Gasteiger partial charge in [0.15, 0.2) is 0 Å². The standard InChI is InChI=1S/C28H28ClF3N6O3S/c1-17-22(5-4-6-23(17)29)25-24(28(30,31)32)26(35-27(34-25)36-42(39,40)21-15-33-38(3)16-21)41-20-9-7-18(8-10-20)19-11-13-37(2)14-12-19/h4-10,15-16,19H,11-14H2,1-3H3,(H,34,35,36). The van der Waals surface area contributed by atoms with Crippen LogP contribution in [0.4, 0.5) is 19.1 Å². The van der Waals surface area contributed by atoms with E-state index in [9.17, 15) is 21.6 Å².